The van der Waals surface area contributed by atoms with Crippen LogP contribution in [0, 0.1) is 0 Å². The fourth-order valence-electron chi connectivity index (χ4n) is 1.34. The first kappa shape index (κ1) is 5.78. The van der Waals surface area contributed by atoms with Crippen LogP contribution in [0.1, 0.15) is 12.8 Å². The minimum atomic E-state index is 0.882. The maximum Gasteiger partial charge on any atom is 0.0577 e. The van der Waals surface area contributed by atoms with E-state index in [2.05, 4.69) is 29.6 Å². The topological polar surface area (TPSA) is 14.1 Å². The number of rotatable bonds is 0. The van der Waals surface area contributed by atoms with Crippen molar-refractivity contribution in [1.29, 1.82) is 0 Å². The fourth-order valence-corrected chi connectivity index (χ4v) is 1.34. The summed E-state index contributed by atoms with van der Waals surface area (Å²) in [5.41, 5.74) is 2.61. The Hall–Kier alpha value is -0.980. The van der Waals surface area contributed by atoms with Crippen LogP contribution in [-0.2, 0) is 0 Å². The van der Waals surface area contributed by atoms with Crippen molar-refractivity contribution in [2.24, 2.45) is 0 Å². The van der Waals surface area contributed by atoms with Gasteiger partial charge in [0.1, 0.15) is 0 Å². The Kier molecular flexibility index (Phi) is 1.35. The molecule has 1 heteroatoms. The third-order valence-corrected chi connectivity index (χ3v) is 1.86. The van der Waals surface area contributed by atoms with Gasteiger partial charge in [-0.25, -0.2) is 0 Å². The zero-order valence-corrected chi connectivity index (χ0v) is 5.88. The van der Waals surface area contributed by atoms with Gasteiger partial charge < -0.3 is 0 Å². The highest BCUT2D eigenvalue weighted by Gasteiger charge is 2.08. The van der Waals surface area contributed by atoms with E-state index in [1.54, 1.807) is 0 Å². The van der Waals surface area contributed by atoms with Crippen molar-refractivity contribution in [2.75, 3.05) is 6.54 Å². The summed E-state index contributed by atoms with van der Waals surface area (Å²) in [5, 5.41) is 4.39. The van der Waals surface area contributed by atoms with Crippen LogP contribution >= 0.6 is 0 Å². The van der Waals surface area contributed by atoms with E-state index in [0.717, 1.165) is 19.4 Å². The molecule has 0 aromatic carbocycles. The molecular weight excluding hydrogens is 122 g/mol. The van der Waals surface area contributed by atoms with E-state index < -0.39 is 0 Å². The predicted molar refractivity (Wildman–Crippen MR) is 41.5 cm³/mol. The van der Waals surface area contributed by atoms with E-state index in [-0.39, 0.29) is 0 Å². The average Bonchev–Trinajstić information content (AvgIpc) is 2.05. The molecule has 0 bridgehead atoms. The highest BCUT2D eigenvalue weighted by atomic mass is 14.9. The van der Waals surface area contributed by atoms with E-state index in [0.29, 0.717) is 0 Å². The van der Waals surface area contributed by atoms with Gasteiger partial charge >= 0.3 is 0 Å². The van der Waals surface area contributed by atoms with E-state index >= 15 is 0 Å². The SMILES string of the molecule is C1=CC2=C(CC1)[N]CC=C2. The lowest BCUT2D eigenvalue weighted by Gasteiger charge is -2.15. The first-order chi connectivity index (χ1) is 4.97. The van der Waals surface area contributed by atoms with Gasteiger partial charge in [-0.3, -0.25) is 5.32 Å². The Balaban J connectivity index is 2.32. The summed E-state index contributed by atoms with van der Waals surface area (Å²) in [6, 6.07) is 0. The monoisotopic (exact) mass is 132 g/mol. The first-order valence-corrected chi connectivity index (χ1v) is 3.70. The molecule has 1 radical (unpaired) electrons. The van der Waals surface area contributed by atoms with Gasteiger partial charge in [-0.1, -0.05) is 24.3 Å². The summed E-state index contributed by atoms with van der Waals surface area (Å²) in [4.78, 5) is 0. The first-order valence-electron chi connectivity index (χ1n) is 3.70. The molecule has 2 rings (SSSR count). The number of hydrogen-bond donors (Lipinski definition) is 0. The maximum absolute atomic E-state index is 4.39. The normalized spacial score (nSPS) is 22.4. The van der Waals surface area contributed by atoms with E-state index in [9.17, 15) is 0 Å². The zero-order valence-electron chi connectivity index (χ0n) is 5.88. The predicted octanol–water partition coefficient (Wildman–Crippen LogP) is 1.76. The molecule has 1 nitrogen and oxygen atoms in total. The van der Waals surface area contributed by atoms with Gasteiger partial charge in [0.05, 0.1) is 6.54 Å². The molecule has 0 fully saturated rings. The molecule has 0 atom stereocenters. The minimum Gasteiger partial charge on any atom is -0.285 e. The lowest BCUT2D eigenvalue weighted by molar-refractivity contribution is 0.768. The molecule has 0 amide bonds. The molecule has 51 valence electrons. The maximum atomic E-state index is 4.39. The van der Waals surface area contributed by atoms with Crippen LogP contribution in [0.2, 0.25) is 0 Å². The molecule has 10 heavy (non-hydrogen) atoms. The van der Waals surface area contributed by atoms with Crippen LogP contribution in [0.4, 0.5) is 0 Å². The molecule has 2 aliphatic rings. The summed E-state index contributed by atoms with van der Waals surface area (Å²) < 4.78 is 0. The fraction of sp³-hybridized carbons (Fsp3) is 0.333. The van der Waals surface area contributed by atoms with E-state index in [1.807, 2.05) is 0 Å². The quantitative estimate of drug-likeness (QED) is 0.477. The standard InChI is InChI=1S/C9H10N/c1-2-6-9-8(4-1)5-3-7-10-9/h1,3-5H,2,6-7H2. The van der Waals surface area contributed by atoms with Crippen LogP contribution < -0.4 is 5.32 Å². The molecule has 0 N–H and O–H groups in total. The van der Waals surface area contributed by atoms with Gasteiger partial charge in [-0.05, 0) is 18.4 Å². The van der Waals surface area contributed by atoms with Crippen LogP contribution in [0.5, 0.6) is 0 Å². The Morgan fingerprint density at radius 2 is 2.10 bits per heavy atom. The van der Waals surface area contributed by atoms with Gasteiger partial charge in [0, 0.05) is 5.70 Å². The van der Waals surface area contributed by atoms with Crippen molar-refractivity contribution in [3.63, 3.8) is 0 Å². The Labute approximate surface area is 61.1 Å². The zero-order chi connectivity index (χ0) is 6.81. The number of hydrogen-bond acceptors (Lipinski definition) is 0. The number of nitrogens with zero attached hydrogens (tertiary/aromatic N) is 1. The molecule has 1 aliphatic heterocycles. The lowest BCUT2D eigenvalue weighted by atomic mass is 10.0. The van der Waals surface area contributed by atoms with Gasteiger partial charge in [-0.15, -0.1) is 0 Å². The third kappa shape index (κ3) is 0.878. The highest BCUT2D eigenvalue weighted by molar-refractivity contribution is 5.39. The second-order valence-corrected chi connectivity index (χ2v) is 2.59. The molecule has 1 heterocycles. The minimum absolute atomic E-state index is 0.882. The smallest absolute Gasteiger partial charge is 0.0577 e. The van der Waals surface area contributed by atoms with E-state index in [1.165, 1.54) is 11.3 Å². The van der Waals surface area contributed by atoms with Crippen LogP contribution in [0.15, 0.2) is 35.6 Å². The van der Waals surface area contributed by atoms with Crippen molar-refractivity contribution in [2.45, 2.75) is 12.8 Å². The second kappa shape index (κ2) is 2.33. The van der Waals surface area contributed by atoms with Crippen LogP contribution in [-0.4, -0.2) is 6.54 Å². The van der Waals surface area contributed by atoms with Crippen molar-refractivity contribution in [1.82, 2.24) is 5.32 Å². The van der Waals surface area contributed by atoms with E-state index in [4.69, 9.17) is 0 Å². The Bertz CT molecular complexity index is 199. The third-order valence-electron chi connectivity index (χ3n) is 1.86. The van der Waals surface area contributed by atoms with Gasteiger partial charge in [0.2, 0.25) is 0 Å². The Morgan fingerprint density at radius 3 is 3.00 bits per heavy atom. The molecule has 0 aromatic heterocycles. The molecule has 0 aromatic rings. The van der Waals surface area contributed by atoms with Crippen LogP contribution in [0.25, 0.3) is 0 Å². The molecule has 0 saturated heterocycles. The van der Waals surface area contributed by atoms with Crippen molar-refractivity contribution in [3.05, 3.63) is 35.6 Å². The van der Waals surface area contributed by atoms with Crippen molar-refractivity contribution in [3.8, 4) is 0 Å². The number of allylic oxidation sites excluding steroid dienone is 5. The average molecular weight is 132 g/mol. The molecule has 1 aliphatic carbocycles. The van der Waals surface area contributed by atoms with Gasteiger partial charge in [-0.2, -0.15) is 0 Å². The van der Waals surface area contributed by atoms with Gasteiger partial charge in [0.25, 0.3) is 0 Å². The van der Waals surface area contributed by atoms with Crippen molar-refractivity contribution >= 4 is 0 Å². The van der Waals surface area contributed by atoms with Crippen molar-refractivity contribution < 1.29 is 0 Å². The highest BCUT2D eigenvalue weighted by Crippen LogP contribution is 2.20. The summed E-state index contributed by atoms with van der Waals surface area (Å²) in [7, 11) is 0. The van der Waals surface area contributed by atoms with Gasteiger partial charge in [0.15, 0.2) is 0 Å². The Morgan fingerprint density at radius 1 is 1.20 bits per heavy atom. The molecular formula is C9H10N. The summed E-state index contributed by atoms with van der Waals surface area (Å²) in [6.45, 7) is 0.882. The molecule has 0 saturated carbocycles. The summed E-state index contributed by atoms with van der Waals surface area (Å²) in [5.74, 6) is 0. The molecule has 0 unspecified atom stereocenters. The summed E-state index contributed by atoms with van der Waals surface area (Å²) in [6.07, 6.45) is 10.9. The molecule has 0 spiro atoms. The summed E-state index contributed by atoms with van der Waals surface area (Å²) >= 11 is 0. The lowest BCUT2D eigenvalue weighted by Crippen LogP contribution is -2.11. The van der Waals surface area contributed by atoms with Crippen LogP contribution in [0.3, 0.4) is 0 Å². The largest absolute Gasteiger partial charge is 0.285 e. The second-order valence-electron chi connectivity index (χ2n) is 2.59.